The van der Waals surface area contributed by atoms with E-state index in [-0.39, 0.29) is 11.7 Å². The average molecular weight is 222 g/mol. The van der Waals surface area contributed by atoms with Crippen molar-refractivity contribution in [1.82, 2.24) is 9.97 Å². The standard InChI is InChI=1S/C10H7FN2OS/c11-7-2-1-3-8(4-7)14-9-5-12-6-10(15)13-9/h1-6H,(H,13,15). The van der Waals surface area contributed by atoms with E-state index in [0.29, 0.717) is 10.8 Å². The van der Waals surface area contributed by atoms with Crippen molar-refractivity contribution >= 4 is 12.6 Å². The number of thiol groups is 1. The maximum Gasteiger partial charge on any atom is 0.238 e. The van der Waals surface area contributed by atoms with E-state index < -0.39 is 0 Å². The summed E-state index contributed by atoms with van der Waals surface area (Å²) < 4.78 is 18.1. The lowest BCUT2D eigenvalue weighted by Gasteiger charge is -2.03. The summed E-state index contributed by atoms with van der Waals surface area (Å²) in [6, 6.07) is 5.80. The van der Waals surface area contributed by atoms with Gasteiger partial charge in [-0.05, 0) is 12.1 Å². The summed E-state index contributed by atoms with van der Waals surface area (Å²) >= 11 is 4.01. The first-order valence-electron chi connectivity index (χ1n) is 4.18. The maximum absolute atomic E-state index is 12.8. The zero-order chi connectivity index (χ0) is 10.7. The van der Waals surface area contributed by atoms with Crippen molar-refractivity contribution < 1.29 is 9.13 Å². The number of nitrogens with zero attached hydrogens (tertiary/aromatic N) is 2. The molecular weight excluding hydrogens is 215 g/mol. The number of hydrogen-bond donors (Lipinski definition) is 1. The number of ether oxygens (including phenoxy) is 1. The minimum absolute atomic E-state index is 0.285. The Hall–Kier alpha value is -1.62. The summed E-state index contributed by atoms with van der Waals surface area (Å²) in [7, 11) is 0. The van der Waals surface area contributed by atoms with E-state index in [4.69, 9.17) is 4.74 Å². The molecule has 1 heterocycles. The van der Waals surface area contributed by atoms with Gasteiger partial charge in [0.25, 0.3) is 0 Å². The van der Waals surface area contributed by atoms with Crippen LogP contribution in [-0.4, -0.2) is 9.97 Å². The Morgan fingerprint density at radius 2 is 2.13 bits per heavy atom. The van der Waals surface area contributed by atoms with Crippen LogP contribution in [0.3, 0.4) is 0 Å². The average Bonchev–Trinajstić information content (AvgIpc) is 2.17. The van der Waals surface area contributed by atoms with Crippen LogP contribution in [0.4, 0.5) is 4.39 Å². The fourth-order valence-corrected chi connectivity index (χ4v) is 1.20. The van der Waals surface area contributed by atoms with Crippen molar-refractivity contribution in [2.45, 2.75) is 5.03 Å². The van der Waals surface area contributed by atoms with E-state index in [1.807, 2.05) is 0 Å². The van der Waals surface area contributed by atoms with E-state index in [1.165, 1.54) is 24.5 Å². The second-order valence-electron chi connectivity index (χ2n) is 2.77. The van der Waals surface area contributed by atoms with E-state index in [2.05, 4.69) is 22.6 Å². The van der Waals surface area contributed by atoms with Crippen LogP contribution in [0.25, 0.3) is 0 Å². The fourth-order valence-electron chi connectivity index (χ4n) is 1.04. The lowest BCUT2D eigenvalue weighted by molar-refractivity contribution is 0.451. The second kappa shape index (κ2) is 4.27. The fraction of sp³-hybridized carbons (Fsp3) is 0. The van der Waals surface area contributed by atoms with Crippen LogP contribution < -0.4 is 4.74 Å². The van der Waals surface area contributed by atoms with Gasteiger partial charge in [-0.3, -0.25) is 4.98 Å². The summed E-state index contributed by atoms with van der Waals surface area (Å²) in [4.78, 5) is 7.80. The van der Waals surface area contributed by atoms with Crippen molar-refractivity contribution in [1.29, 1.82) is 0 Å². The van der Waals surface area contributed by atoms with Crippen LogP contribution in [0, 0.1) is 5.82 Å². The van der Waals surface area contributed by atoms with Gasteiger partial charge in [-0.25, -0.2) is 9.37 Å². The van der Waals surface area contributed by atoms with Gasteiger partial charge in [-0.2, -0.15) is 0 Å². The summed E-state index contributed by atoms with van der Waals surface area (Å²) in [6.45, 7) is 0. The molecule has 2 rings (SSSR count). The SMILES string of the molecule is Fc1cccc(Oc2cncc(S)n2)c1. The summed E-state index contributed by atoms with van der Waals surface area (Å²) in [5.74, 6) is 0.304. The highest BCUT2D eigenvalue weighted by Crippen LogP contribution is 2.19. The number of rotatable bonds is 2. The maximum atomic E-state index is 12.8. The van der Waals surface area contributed by atoms with Crippen LogP contribution in [0.1, 0.15) is 0 Å². The Morgan fingerprint density at radius 3 is 2.87 bits per heavy atom. The molecule has 0 aliphatic carbocycles. The molecule has 5 heteroatoms. The lowest BCUT2D eigenvalue weighted by Crippen LogP contribution is -1.90. The van der Waals surface area contributed by atoms with Crippen molar-refractivity contribution in [2.24, 2.45) is 0 Å². The molecule has 0 unspecified atom stereocenters. The number of aromatic nitrogens is 2. The van der Waals surface area contributed by atoms with Gasteiger partial charge in [0, 0.05) is 6.07 Å². The lowest BCUT2D eigenvalue weighted by atomic mass is 10.3. The third kappa shape index (κ3) is 2.66. The molecule has 1 aromatic carbocycles. The van der Waals surface area contributed by atoms with E-state index >= 15 is 0 Å². The van der Waals surface area contributed by atoms with Crippen molar-refractivity contribution in [3.8, 4) is 11.6 Å². The first kappa shape index (κ1) is 9.92. The first-order valence-corrected chi connectivity index (χ1v) is 4.63. The van der Waals surface area contributed by atoms with Crippen LogP contribution in [-0.2, 0) is 0 Å². The molecule has 2 aromatic rings. The molecular formula is C10H7FN2OS. The third-order valence-corrected chi connectivity index (χ3v) is 1.83. The van der Waals surface area contributed by atoms with Crippen molar-refractivity contribution in [3.63, 3.8) is 0 Å². The third-order valence-electron chi connectivity index (χ3n) is 1.62. The zero-order valence-corrected chi connectivity index (χ0v) is 8.49. The van der Waals surface area contributed by atoms with Gasteiger partial charge in [-0.15, -0.1) is 12.6 Å². The minimum atomic E-state index is -0.359. The Labute approximate surface area is 91.4 Å². The smallest absolute Gasteiger partial charge is 0.238 e. The summed E-state index contributed by atoms with van der Waals surface area (Å²) in [5, 5.41) is 0.448. The van der Waals surface area contributed by atoms with Gasteiger partial charge in [0.15, 0.2) is 0 Å². The largest absolute Gasteiger partial charge is 0.437 e. The van der Waals surface area contributed by atoms with Crippen molar-refractivity contribution in [2.75, 3.05) is 0 Å². The molecule has 0 fully saturated rings. The zero-order valence-electron chi connectivity index (χ0n) is 7.59. The van der Waals surface area contributed by atoms with Crippen molar-refractivity contribution in [3.05, 3.63) is 42.5 Å². The molecule has 1 aromatic heterocycles. The number of benzene rings is 1. The quantitative estimate of drug-likeness (QED) is 0.793. The number of halogens is 1. The molecule has 0 saturated carbocycles. The predicted molar refractivity (Wildman–Crippen MR) is 55.8 cm³/mol. The molecule has 0 radical (unpaired) electrons. The minimum Gasteiger partial charge on any atom is -0.437 e. The van der Waals surface area contributed by atoms with E-state index in [0.717, 1.165) is 0 Å². The molecule has 0 spiro atoms. The topological polar surface area (TPSA) is 35.0 Å². The predicted octanol–water partition coefficient (Wildman–Crippen LogP) is 2.70. The molecule has 0 amide bonds. The Balaban J connectivity index is 2.22. The molecule has 76 valence electrons. The van der Waals surface area contributed by atoms with E-state index in [9.17, 15) is 4.39 Å². The highest BCUT2D eigenvalue weighted by Gasteiger charge is 2.00. The van der Waals surface area contributed by atoms with E-state index in [1.54, 1.807) is 12.1 Å². The van der Waals surface area contributed by atoms with Gasteiger partial charge >= 0.3 is 0 Å². The highest BCUT2D eigenvalue weighted by molar-refractivity contribution is 7.80. The van der Waals surface area contributed by atoms with Gasteiger partial charge in [0.05, 0.1) is 12.4 Å². The second-order valence-corrected chi connectivity index (χ2v) is 3.23. The molecule has 0 aliphatic heterocycles. The summed E-state index contributed by atoms with van der Waals surface area (Å²) in [6.07, 6.45) is 2.92. The Kier molecular flexibility index (Phi) is 2.82. The van der Waals surface area contributed by atoms with Crippen LogP contribution in [0.5, 0.6) is 11.6 Å². The molecule has 0 saturated heterocycles. The summed E-state index contributed by atoms with van der Waals surface area (Å²) in [5.41, 5.74) is 0. The van der Waals surface area contributed by atoms with Crippen LogP contribution in [0.15, 0.2) is 41.7 Å². The van der Waals surface area contributed by atoms with Crippen LogP contribution >= 0.6 is 12.6 Å². The van der Waals surface area contributed by atoms with Gasteiger partial charge in [0.1, 0.15) is 16.6 Å². The Morgan fingerprint density at radius 1 is 1.27 bits per heavy atom. The molecule has 0 aliphatic rings. The van der Waals surface area contributed by atoms with Crippen LogP contribution in [0.2, 0.25) is 0 Å². The number of hydrogen-bond acceptors (Lipinski definition) is 4. The molecule has 15 heavy (non-hydrogen) atoms. The molecule has 0 bridgehead atoms. The Bertz CT molecular complexity index is 435. The first-order chi connectivity index (χ1) is 7.24. The normalized spacial score (nSPS) is 10.0. The monoisotopic (exact) mass is 222 g/mol. The molecule has 0 atom stereocenters. The molecule has 3 nitrogen and oxygen atoms in total. The van der Waals surface area contributed by atoms with Gasteiger partial charge in [0.2, 0.25) is 5.88 Å². The highest BCUT2D eigenvalue weighted by atomic mass is 32.1. The van der Waals surface area contributed by atoms with Gasteiger partial charge < -0.3 is 4.74 Å². The molecule has 0 N–H and O–H groups in total. The van der Waals surface area contributed by atoms with Gasteiger partial charge in [-0.1, -0.05) is 6.07 Å².